The van der Waals surface area contributed by atoms with Crippen molar-refractivity contribution < 1.29 is 22.8 Å². The highest BCUT2D eigenvalue weighted by Crippen LogP contribution is 2.26. The van der Waals surface area contributed by atoms with Crippen LogP contribution in [0.4, 0.5) is 0 Å². The van der Waals surface area contributed by atoms with E-state index in [1.54, 1.807) is 0 Å². The smallest absolute Gasteiger partial charge is 0.201 e. The Balaban J connectivity index is 0.000000170. The molecule has 0 spiro atoms. The highest BCUT2D eigenvalue weighted by atomic mass is 14.9. The van der Waals surface area contributed by atoms with E-state index in [2.05, 4.69) is 361 Å². The van der Waals surface area contributed by atoms with Gasteiger partial charge in [-0.05, 0) is 159 Å². The van der Waals surface area contributed by atoms with Crippen molar-refractivity contribution in [2.24, 2.45) is 46.6 Å². The molecule has 440 valence electrons. The van der Waals surface area contributed by atoms with Crippen LogP contribution in [-0.2, 0) is 60.9 Å². The van der Waals surface area contributed by atoms with Crippen LogP contribution in [0.5, 0.6) is 0 Å². The van der Waals surface area contributed by atoms with Gasteiger partial charge in [0, 0.05) is 86.5 Å². The summed E-state index contributed by atoms with van der Waals surface area (Å²) >= 11 is 0. The summed E-state index contributed by atoms with van der Waals surface area (Å²) in [6.07, 6.45) is 15.5. The largest absolute Gasteiger partial charge is 0.212 e. The molecule has 10 rings (SSSR count). The van der Waals surface area contributed by atoms with E-state index in [4.69, 9.17) is 0 Å². The lowest BCUT2D eigenvalue weighted by Crippen LogP contribution is -2.32. The monoisotopic (exact) mass is 1130 g/mol. The average Bonchev–Trinajstić information content (AvgIpc) is 2.92. The van der Waals surface area contributed by atoms with E-state index in [0.717, 1.165) is 25.7 Å². The molecule has 5 heteroatoms. The van der Waals surface area contributed by atoms with Gasteiger partial charge in [0.25, 0.3) is 0 Å². The van der Waals surface area contributed by atoms with E-state index < -0.39 is 0 Å². The highest BCUT2D eigenvalue weighted by Gasteiger charge is 2.19. The number of rotatable bonds is 11. The molecular formula is C80H100N5+5. The number of nitrogens with zero attached hydrogens (tertiary/aromatic N) is 5. The molecular weight excluding hydrogens is 1030 g/mol. The summed E-state index contributed by atoms with van der Waals surface area (Å²) in [7, 11) is 10.6. The maximum Gasteiger partial charge on any atom is 0.212 e. The molecule has 0 saturated heterocycles. The first-order chi connectivity index (χ1) is 40.6. The van der Waals surface area contributed by atoms with Crippen LogP contribution in [0.2, 0.25) is 0 Å². The van der Waals surface area contributed by atoms with Crippen LogP contribution in [0.15, 0.2) is 219 Å². The molecule has 0 saturated carbocycles. The Morgan fingerprint density at radius 2 is 0.729 bits per heavy atom. The first kappa shape index (κ1) is 66.0. The van der Waals surface area contributed by atoms with Gasteiger partial charge >= 0.3 is 0 Å². The normalized spacial score (nSPS) is 10.9. The van der Waals surface area contributed by atoms with Crippen molar-refractivity contribution in [3.05, 3.63) is 269 Å². The van der Waals surface area contributed by atoms with E-state index in [0.29, 0.717) is 17.3 Å². The Hall–Kier alpha value is -8.15. The summed E-state index contributed by atoms with van der Waals surface area (Å²) in [6, 6.07) is 66.9. The fraction of sp³-hybridized carbons (Fsp3) is 0.312. The topological polar surface area (TPSA) is 19.4 Å². The summed E-state index contributed by atoms with van der Waals surface area (Å²) in [5.41, 5.74) is 25.5. The number of hydrogen-bond acceptors (Lipinski definition) is 0. The molecule has 0 unspecified atom stereocenters. The van der Waals surface area contributed by atoms with Crippen LogP contribution in [0.1, 0.15) is 118 Å². The predicted molar refractivity (Wildman–Crippen MR) is 359 cm³/mol. The quantitative estimate of drug-likeness (QED) is 0.115. The maximum atomic E-state index is 2.28. The van der Waals surface area contributed by atoms with E-state index >= 15 is 0 Å². The average molecular weight is 1130 g/mol. The molecule has 0 atom stereocenters. The third kappa shape index (κ3) is 19.4. The van der Waals surface area contributed by atoms with Crippen molar-refractivity contribution in [2.45, 2.75) is 122 Å². The third-order valence-corrected chi connectivity index (χ3v) is 15.6. The molecule has 0 amide bonds. The molecule has 10 aromatic rings. The van der Waals surface area contributed by atoms with Gasteiger partial charge in [-0.1, -0.05) is 153 Å². The molecule has 0 bridgehead atoms. The Bertz CT molecular complexity index is 3730. The molecule has 5 heterocycles. The Morgan fingerprint density at radius 3 is 1.13 bits per heavy atom. The van der Waals surface area contributed by atoms with E-state index in [9.17, 15) is 0 Å². The van der Waals surface area contributed by atoms with Gasteiger partial charge in [0.05, 0.1) is 0 Å². The lowest BCUT2D eigenvalue weighted by Gasteiger charge is -2.17. The Kier molecular flexibility index (Phi) is 24.6. The van der Waals surface area contributed by atoms with Crippen molar-refractivity contribution in [1.29, 1.82) is 0 Å². The van der Waals surface area contributed by atoms with Gasteiger partial charge in [-0.25, -0.2) is 22.8 Å². The van der Waals surface area contributed by atoms with E-state index in [1.807, 2.05) is 6.07 Å². The molecule has 5 aromatic heterocycles. The summed E-state index contributed by atoms with van der Waals surface area (Å²) in [5.74, 6) is 1.28. The molecule has 0 aliphatic carbocycles. The Labute approximate surface area is 513 Å². The number of aromatic nitrogens is 5. The van der Waals surface area contributed by atoms with Crippen LogP contribution in [0.25, 0.3) is 56.3 Å². The number of hydrogen-bond donors (Lipinski definition) is 0. The molecule has 0 N–H and O–H groups in total. The second-order valence-electron chi connectivity index (χ2n) is 24.9. The van der Waals surface area contributed by atoms with Crippen LogP contribution >= 0.6 is 0 Å². The lowest BCUT2D eigenvalue weighted by atomic mass is 9.88. The molecule has 5 nitrogen and oxygen atoms in total. The fourth-order valence-corrected chi connectivity index (χ4v) is 10.8. The van der Waals surface area contributed by atoms with Crippen LogP contribution in [0.3, 0.4) is 0 Å². The molecule has 0 aliphatic heterocycles. The lowest BCUT2D eigenvalue weighted by molar-refractivity contribution is -0.661. The summed E-state index contributed by atoms with van der Waals surface area (Å²) in [4.78, 5) is 0. The minimum absolute atomic E-state index is 0.331. The Morgan fingerprint density at radius 1 is 0.353 bits per heavy atom. The maximum absolute atomic E-state index is 2.28. The number of pyridine rings is 5. The van der Waals surface area contributed by atoms with Crippen LogP contribution in [0, 0.1) is 39.0 Å². The minimum Gasteiger partial charge on any atom is -0.201 e. The van der Waals surface area contributed by atoms with Crippen molar-refractivity contribution >= 4 is 0 Å². The first-order valence-corrected chi connectivity index (χ1v) is 30.8. The van der Waals surface area contributed by atoms with Gasteiger partial charge in [0.2, 0.25) is 28.5 Å². The zero-order chi connectivity index (χ0) is 61.8. The first-order valence-electron chi connectivity index (χ1n) is 30.8. The second-order valence-corrected chi connectivity index (χ2v) is 24.9. The second kappa shape index (κ2) is 31.7. The van der Waals surface area contributed by atoms with Crippen LogP contribution in [-0.4, -0.2) is 0 Å². The molecule has 0 fully saturated rings. The van der Waals surface area contributed by atoms with Gasteiger partial charge in [-0.15, -0.1) is 0 Å². The zero-order valence-electron chi connectivity index (χ0n) is 55.0. The van der Waals surface area contributed by atoms with Gasteiger partial charge in [-0.3, -0.25) is 0 Å². The highest BCUT2D eigenvalue weighted by molar-refractivity contribution is 5.63. The molecule has 0 radical (unpaired) electrons. The van der Waals surface area contributed by atoms with E-state index in [-0.39, 0.29) is 0 Å². The predicted octanol–water partition coefficient (Wildman–Crippen LogP) is 17.2. The SMILES string of the molecule is CC(C)c1ccc(-c2ccccc2)[n+](C)c1.CCc1cc[n+](C)c(-c2ccccc2C)c1.CCc1ccc(-c2ccccc2C)[n+](C)c1.Cc1ccccc1-c1ccc(CC(C)(C)C)c[n+]1C.Cc1ccccc1-c1ccc(CC(C)C)c[n+]1C. The summed E-state index contributed by atoms with van der Waals surface area (Å²) in [5, 5.41) is 0. The number of aryl methyl sites for hydroxylation is 11. The third-order valence-electron chi connectivity index (χ3n) is 15.6. The van der Waals surface area contributed by atoms with Crippen molar-refractivity contribution in [2.75, 3.05) is 0 Å². The van der Waals surface area contributed by atoms with Crippen molar-refractivity contribution in [3.63, 3.8) is 0 Å². The van der Waals surface area contributed by atoms with E-state index in [1.165, 1.54) is 106 Å². The summed E-state index contributed by atoms with van der Waals surface area (Å²) in [6.45, 7) is 28.8. The molecule has 0 aliphatic rings. The summed E-state index contributed by atoms with van der Waals surface area (Å²) < 4.78 is 11.1. The van der Waals surface area contributed by atoms with Crippen molar-refractivity contribution in [1.82, 2.24) is 0 Å². The van der Waals surface area contributed by atoms with Crippen molar-refractivity contribution in [3.8, 4) is 56.3 Å². The standard InChI is InChI=1S/C18H24N.C17H22N.3C15H18N/c1-14-8-6-7-9-16(14)17-11-10-15(13-19(17)5)12-18(2,3)4;1-13(2)11-15-9-10-17(18(4)12-15)16-8-6-5-7-14(16)3;1-12(2)14-9-10-15(16(3)11-14)13-7-5-4-6-8-13;1-4-13-9-10-16(3)15(11-13)14-8-6-5-7-12(14)2;1-4-13-9-10-15(16(3)11-13)14-8-6-5-7-12(14)2/h6-11,13H,12H2,1-5H3;5-10,12-13H,11H2,1-4H3;4-12H,1-3H3;2*5-11H,4H2,1-3H3/q5*+1. The molecule has 85 heavy (non-hydrogen) atoms. The van der Waals surface area contributed by atoms with Crippen LogP contribution < -0.4 is 22.8 Å². The fourth-order valence-electron chi connectivity index (χ4n) is 10.8. The van der Waals surface area contributed by atoms with Gasteiger partial charge in [-0.2, -0.15) is 0 Å². The number of benzene rings is 5. The van der Waals surface area contributed by atoms with Gasteiger partial charge in [0.1, 0.15) is 35.2 Å². The zero-order valence-corrected chi connectivity index (χ0v) is 55.0. The van der Waals surface area contributed by atoms with Gasteiger partial charge < -0.3 is 0 Å². The minimum atomic E-state index is 0.331. The van der Waals surface area contributed by atoms with Gasteiger partial charge in [0.15, 0.2) is 31.0 Å². The molecule has 5 aromatic carbocycles.